The maximum Gasteiger partial charge on any atom is 0.248 e. The standard InChI is InChI=1S/C16H24N4O/c1-11-9-12(16(17)21)10-15(19-11)20-8-3-2-6-14(20)13-5-4-7-18-13/h9-10,13-14,18H,2-8H2,1H3,(H2,17,21). The second-order valence-electron chi connectivity index (χ2n) is 6.18. The maximum absolute atomic E-state index is 11.5. The lowest BCUT2D eigenvalue weighted by molar-refractivity contribution is 0.1000. The fraction of sp³-hybridized carbons (Fsp3) is 0.625. The molecular weight excluding hydrogens is 264 g/mol. The van der Waals surface area contributed by atoms with Crippen molar-refractivity contribution in [2.24, 2.45) is 5.73 Å². The van der Waals surface area contributed by atoms with E-state index in [2.05, 4.69) is 15.2 Å². The number of carbonyl (C=O) groups is 1. The highest BCUT2D eigenvalue weighted by Gasteiger charge is 2.32. The van der Waals surface area contributed by atoms with Gasteiger partial charge in [0.25, 0.3) is 0 Å². The Morgan fingerprint density at radius 1 is 1.33 bits per heavy atom. The normalized spacial score (nSPS) is 26.0. The van der Waals surface area contributed by atoms with Crippen LogP contribution in [0.25, 0.3) is 0 Å². The third-order valence-electron chi connectivity index (χ3n) is 4.63. The Balaban J connectivity index is 1.90. The zero-order chi connectivity index (χ0) is 14.8. The molecule has 2 aliphatic heterocycles. The quantitative estimate of drug-likeness (QED) is 0.886. The van der Waals surface area contributed by atoms with Crippen LogP contribution in [0.3, 0.4) is 0 Å². The monoisotopic (exact) mass is 288 g/mol. The fourth-order valence-electron chi connectivity index (χ4n) is 3.64. The molecule has 0 aliphatic carbocycles. The van der Waals surface area contributed by atoms with Gasteiger partial charge < -0.3 is 16.0 Å². The average molecular weight is 288 g/mol. The first-order chi connectivity index (χ1) is 10.1. The lowest BCUT2D eigenvalue weighted by atomic mass is 9.94. The summed E-state index contributed by atoms with van der Waals surface area (Å²) in [6.45, 7) is 4.04. The highest BCUT2D eigenvalue weighted by molar-refractivity contribution is 5.93. The number of aromatic nitrogens is 1. The molecule has 0 aromatic carbocycles. The van der Waals surface area contributed by atoms with E-state index in [4.69, 9.17) is 5.73 Å². The molecule has 0 radical (unpaired) electrons. The molecule has 0 bridgehead atoms. The molecule has 2 atom stereocenters. The Morgan fingerprint density at radius 2 is 2.19 bits per heavy atom. The highest BCUT2D eigenvalue weighted by atomic mass is 16.1. The number of nitrogens with two attached hydrogens (primary N) is 1. The zero-order valence-corrected chi connectivity index (χ0v) is 12.6. The van der Waals surface area contributed by atoms with Gasteiger partial charge in [0, 0.05) is 29.9 Å². The molecule has 2 fully saturated rings. The van der Waals surface area contributed by atoms with Crippen molar-refractivity contribution < 1.29 is 4.79 Å². The number of aryl methyl sites for hydroxylation is 1. The fourth-order valence-corrected chi connectivity index (χ4v) is 3.64. The van der Waals surface area contributed by atoms with Crippen molar-refractivity contribution >= 4 is 11.7 Å². The van der Waals surface area contributed by atoms with Crippen LogP contribution in [0, 0.1) is 6.92 Å². The number of carbonyl (C=O) groups excluding carboxylic acids is 1. The second kappa shape index (κ2) is 6.02. The van der Waals surface area contributed by atoms with Gasteiger partial charge in [0.2, 0.25) is 5.91 Å². The van der Waals surface area contributed by atoms with Crippen molar-refractivity contribution in [2.75, 3.05) is 18.0 Å². The minimum atomic E-state index is -0.380. The molecule has 3 rings (SSSR count). The lowest BCUT2D eigenvalue weighted by Gasteiger charge is -2.40. The summed E-state index contributed by atoms with van der Waals surface area (Å²) in [5.74, 6) is 0.525. The summed E-state index contributed by atoms with van der Waals surface area (Å²) >= 11 is 0. The molecular formula is C16H24N4O. The Bertz CT molecular complexity index is 525. The van der Waals surface area contributed by atoms with Gasteiger partial charge in [-0.3, -0.25) is 4.79 Å². The number of anilines is 1. The third kappa shape index (κ3) is 3.02. The second-order valence-corrected chi connectivity index (χ2v) is 6.18. The molecule has 2 saturated heterocycles. The Hall–Kier alpha value is -1.62. The topological polar surface area (TPSA) is 71.2 Å². The molecule has 1 aromatic rings. The molecule has 2 aliphatic rings. The van der Waals surface area contributed by atoms with Gasteiger partial charge in [-0.2, -0.15) is 0 Å². The van der Waals surface area contributed by atoms with Crippen LogP contribution in [0.4, 0.5) is 5.82 Å². The minimum Gasteiger partial charge on any atom is -0.366 e. The summed E-state index contributed by atoms with van der Waals surface area (Å²) < 4.78 is 0. The zero-order valence-electron chi connectivity index (χ0n) is 12.6. The summed E-state index contributed by atoms with van der Waals surface area (Å²) in [7, 11) is 0. The van der Waals surface area contributed by atoms with E-state index in [1.807, 2.05) is 13.0 Å². The Labute approximate surface area is 125 Å². The van der Waals surface area contributed by atoms with Crippen molar-refractivity contribution in [1.29, 1.82) is 0 Å². The van der Waals surface area contributed by atoms with Crippen molar-refractivity contribution in [3.63, 3.8) is 0 Å². The van der Waals surface area contributed by atoms with E-state index >= 15 is 0 Å². The van der Waals surface area contributed by atoms with E-state index in [1.54, 1.807) is 6.07 Å². The van der Waals surface area contributed by atoms with Crippen LogP contribution < -0.4 is 16.0 Å². The van der Waals surface area contributed by atoms with E-state index in [-0.39, 0.29) is 5.91 Å². The van der Waals surface area contributed by atoms with E-state index in [1.165, 1.54) is 32.1 Å². The summed E-state index contributed by atoms with van der Waals surface area (Å²) in [4.78, 5) is 18.5. The summed E-state index contributed by atoms with van der Waals surface area (Å²) in [6.07, 6.45) is 6.14. The number of piperidine rings is 1. The van der Waals surface area contributed by atoms with Gasteiger partial charge in [0.1, 0.15) is 5.82 Å². The maximum atomic E-state index is 11.5. The predicted molar refractivity (Wildman–Crippen MR) is 83.5 cm³/mol. The van der Waals surface area contributed by atoms with Crippen LogP contribution in [0.1, 0.15) is 48.2 Å². The van der Waals surface area contributed by atoms with Crippen LogP contribution in [0.5, 0.6) is 0 Å². The summed E-state index contributed by atoms with van der Waals surface area (Å²) in [6, 6.07) is 4.64. The van der Waals surface area contributed by atoms with E-state index in [0.717, 1.165) is 24.6 Å². The molecule has 3 heterocycles. The third-order valence-corrected chi connectivity index (χ3v) is 4.63. The Morgan fingerprint density at radius 3 is 2.90 bits per heavy atom. The molecule has 0 spiro atoms. The van der Waals surface area contributed by atoms with Crippen LogP contribution in [-0.2, 0) is 0 Å². The molecule has 2 unspecified atom stereocenters. The van der Waals surface area contributed by atoms with E-state index in [0.29, 0.717) is 17.6 Å². The van der Waals surface area contributed by atoms with Crippen LogP contribution in [0.2, 0.25) is 0 Å². The number of hydrogen-bond donors (Lipinski definition) is 2. The number of pyridine rings is 1. The van der Waals surface area contributed by atoms with Gasteiger partial charge >= 0.3 is 0 Å². The van der Waals surface area contributed by atoms with Crippen molar-refractivity contribution in [3.05, 3.63) is 23.4 Å². The molecule has 1 amide bonds. The Kier molecular flexibility index (Phi) is 4.10. The molecule has 114 valence electrons. The van der Waals surface area contributed by atoms with Gasteiger partial charge in [-0.1, -0.05) is 0 Å². The minimum absolute atomic E-state index is 0.380. The van der Waals surface area contributed by atoms with E-state index in [9.17, 15) is 4.79 Å². The molecule has 1 aromatic heterocycles. The number of hydrogen-bond acceptors (Lipinski definition) is 4. The molecule has 3 N–H and O–H groups in total. The van der Waals surface area contributed by atoms with Gasteiger partial charge in [-0.15, -0.1) is 0 Å². The van der Waals surface area contributed by atoms with Crippen LogP contribution in [0.15, 0.2) is 12.1 Å². The number of rotatable bonds is 3. The average Bonchev–Trinajstić information content (AvgIpc) is 3.00. The molecule has 5 heteroatoms. The van der Waals surface area contributed by atoms with E-state index < -0.39 is 0 Å². The van der Waals surface area contributed by atoms with Gasteiger partial charge in [-0.25, -0.2) is 4.98 Å². The van der Waals surface area contributed by atoms with Crippen molar-refractivity contribution in [3.8, 4) is 0 Å². The van der Waals surface area contributed by atoms with Crippen molar-refractivity contribution in [1.82, 2.24) is 10.3 Å². The van der Waals surface area contributed by atoms with Gasteiger partial charge in [-0.05, 0) is 57.7 Å². The first kappa shape index (κ1) is 14.3. The largest absolute Gasteiger partial charge is 0.366 e. The first-order valence-corrected chi connectivity index (χ1v) is 7.93. The summed E-state index contributed by atoms with van der Waals surface area (Å²) in [5, 5.41) is 3.62. The van der Waals surface area contributed by atoms with Crippen LogP contribution in [-0.4, -0.2) is 36.1 Å². The number of nitrogens with one attached hydrogen (secondary N) is 1. The van der Waals surface area contributed by atoms with Crippen molar-refractivity contribution in [2.45, 2.75) is 51.1 Å². The highest BCUT2D eigenvalue weighted by Crippen LogP contribution is 2.28. The first-order valence-electron chi connectivity index (χ1n) is 7.93. The van der Waals surface area contributed by atoms with Crippen LogP contribution >= 0.6 is 0 Å². The SMILES string of the molecule is Cc1cc(C(N)=O)cc(N2CCCCC2C2CCCN2)n1. The number of amides is 1. The number of nitrogens with zero attached hydrogens (tertiary/aromatic N) is 2. The van der Waals surface area contributed by atoms with Gasteiger partial charge in [0.05, 0.1) is 0 Å². The summed E-state index contributed by atoms with van der Waals surface area (Å²) in [5.41, 5.74) is 6.85. The molecule has 0 saturated carbocycles. The lowest BCUT2D eigenvalue weighted by Crippen LogP contribution is -2.50. The van der Waals surface area contributed by atoms with Gasteiger partial charge in [0.15, 0.2) is 0 Å². The smallest absolute Gasteiger partial charge is 0.248 e. The molecule has 5 nitrogen and oxygen atoms in total. The number of primary amides is 1. The predicted octanol–water partition coefficient (Wildman–Crippen LogP) is 1.60. The molecule has 21 heavy (non-hydrogen) atoms.